The fourth-order valence-corrected chi connectivity index (χ4v) is 4.87. The molecule has 0 bridgehead atoms. The first-order valence-corrected chi connectivity index (χ1v) is 11.5. The number of hydrogen-bond donors (Lipinski definition) is 1. The van der Waals surface area contributed by atoms with Crippen molar-refractivity contribution in [2.75, 3.05) is 18.8 Å². The largest absolute Gasteiger partial charge is 0.352 e. The van der Waals surface area contributed by atoms with Gasteiger partial charge in [0.15, 0.2) is 0 Å². The van der Waals surface area contributed by atoms with Crippen molar-refractivity contribution < 1.29 is 9.59 Å². The molecule has 1 N–H and O–H groups in total. The van der Waals surface area contributed by atoms with E-state index in [4.69, 9.17) is 0 Å². The predicted octanol–water partition coefficient (Wildman–Crippen LogP) is 3.52. The zero-order valence-corrected chi connectivity index (χ0v) is 18.1. The summed E-state index contributed by atoms with van der Waals surface area (Å²) >= 11 is 1.64. The second-order valence-corrected chi connectivity index (χ2v) is 8.59. The van der Waals surface area contributed by atoms with Crippen LogP contribution in [0.1, 0.15) is 33.3 Å². The first kappa shape index (κ1) is 21.2. The summed E-state index contributed by atoms with van der Waals surface area (Å²) in [7, 11) is 0. The number of thioether (sulfide) groups is 1. The van der Waals surface area contributed by atoms with Gasteiger partial charge in [0.05, 0.1) is 12.1 Å². The monoisotopic (exact) mass is 434 g/mol. The molecule has 1 saturated heterocycles. The summed E-state index contributed by atoms with van der Waals surface area (Å²) in [5.41, 5.74) is 2.92. The summed E-state index contributed by atoms with van der Waals surface area (Å²) in [6.07, 6.45) is 7.12. The van der Waals surface area contributed by atoms with E-state index in [-0.39, 0.29) is 17.2 Å². The molecule has 2 heterocycles. The molecule has 31 heavy (non-hydrogen) atoms. The molecule has 1 aromatic heterocycles. The lowest BCUT2D eigenvalue weighted by Crippen LogP contribution is -2.30. The molecular formula is C24H26N4O2S. The fourth-order valence-electron chi connectivity index (χ4n) is 3.65. The van der Waals surface area contributed by atoms with E-state index in [1.165, 1.54) is 5.56 Å². The van der Waals surface area contributed by atoms with Crippen molar-refractivity contribution in [3.05, 3.63) is 90.0 Å². The van der Waals surface area contributed by atoms with Gasteiger partial charge in [-0.25, -0.2) is 4.98 Å². The van der Waals surface area contributed by atoms with Crippen molar-refractivity contribution in [3.63, 3.8) is 0 Å². The third-order valence-electron chi connectivity index (χ3n) is 5.35. The number of carbonyl (C=O) groups is 2. The van der Waals surface area contributed by atoms with Crippen LogP contribution in [-0.4, -0.2) is 45.1 Å². The van der Waals surface area contributed by atoms with Gasteiger partial charge in [-0.3, -0.25) is 9.59 Å². The minimum atomic E-state index is -0.0757. The SMILES string of the molecule is O=C(NCCCn1ccnc1)c1ccc([C@@H]2SCC(=O)N2CCc2ccccc2)cc1. The lowest BCUT2D eigenvalue weighted by molar-refractivity contribution is -0.128. The Morgan fingerprint density at radius 3 is 2.65 bits per heavy atom. The first-order chi connectivity index (χ1) is 15.2. The van der Waals surface area contributed by atoms with Crippen LogP contribution in [0.3, 0.4) is 0 Å². The van der Waals surface area contributed by atoms with E-state index in [2.05, 4.69) is 22.4 Å². The third-order valence-corrected chi connectivity index (χ3v) is 6.60. The maximum Gasteiger partial charge on any atom is 0.251 e. The van der Waals surface area contributed by atoms with Gasteiger partial charge >= 0.3 is 0 Å². The van der Waals surface area contributed by atoms with Crippen LogP contribution >= 0.6 is 11.8 Å². The highest BCUT2D eigenvalue weighted by atomic mass is 32.2. The van der Waals surface area contributed by atoms with Gasteiger partial charge in [-0.15, -0.1) is 11.8 Å². The van der Waals surface area contributed by atoms with Crippen LogP contribution in [-0.2, 0) is 17.8 Å². The smallest absolute Gasteiger partial charge is 0.251 e. The molecular weight excluding hydrogens is 408 g/mol. The zero-order chi connectivity index (χ0) is 21.5. The van der Waals surface area contributed by atoms with Crippen molar-refractivity contribution in [2.24, 2.45) is 0 Å². The van der Waals surface area contributed by atoms with Gasteiger partial charge in [0, 0.05) is 37.6 Å². The molecule has 4 rings (SSSR count). The Morgan fingerprint density at radius 1 is 1.10 bits per heavy atom. The Labute approximate surface area is 186 Å². The van der Waals surface area contributed by atoms with Crippen LogP contribution in [0.5, 0.6) is 0 Å². The van der Waals surface area contributed by atoms with E-state index >= 15 is 0 Å². The Bertz CT molecular complexity index is 990. The highest BCUT2D eigenvalue weighted by molar-refractivity contribution is 8.00. The van der Waals surface area contributed by atoms with Crippen molar-refractivity contribution in [2.45, 2.75) is 24.8 Å². The van der Waals surface area contributed by atoms with E-state index in [1.54, 1.807) is 24.3 Å². The zero-order valence-electron chi connectivity index (χ0n) is 17.3. The van der Waals surface area contributed by atoms with Gasteiger partial charge in [0.25, 0.3) is 5.91 Å². The third kappa shape index (κ3) is 5.55. The molecule has 0 spiro atoms. The first-order valence-electron chi connectivity index (χ1n) is 10.5. The van der Waals surface area contributed by atoms with Crippen LogP contribution in [0.25, 0.3) is 0 Å². The van der Waals surface area contributed by atoms with Crippen LogP contribution in [0.2, 0.25) is 0 Å². The summed E-state index contributed by atoms with van der Waals surface area (Å²) in [4.78, 5) is 30.8. The molecule has 2 aromatic carbocycles. The number of aromatic nitrogens is 2. The Balaban J connectivity index is 1.30. The van der Waals surface area contributed by atoms with Gasteiger partial charge in [-0.2, -0.15) is 0 Å². The van der Waals surface area contributed by atoms with E-state index in [9.17, 15) is 9.59 Å². The van der Waals surface area contributed by atoms with E-state index in [0.717, 1.165) is 24.9 Å². The number of amides is 2. The Kier molecular flexibility index (Phi) is 7.04. The van der Waals surface area contributed by atoms with Gasteiger partial charge < -0.3 is 14.8 Å². The summed E-state index contributed by atoms with van der Waals surface area (Å²) in [6, 6.07) is 17.8. The van der Waals surface area contributed by atoms with Gasteiger partial charge in [0.2, 0.25) is 5.91 Å². The molecule has 0 aliphatic carbocycles. The summed E-state index contributed by atoms with van der Waals surface area (Å²) in [6.45, 7) is 2.13. The molecule has 1 aliphatic rings. The second kappa shape index (κ2) is 10.3. The highest BCUT2D eigenvalue weighted by Gasteiger charge is 2.32. The molecule has 2 amide bonds. The van der Waals surface area contributed by atoms with Crippen molar-refractivity contribution >= 4 is 23.6 Å². The van der Waals surface area contributed by atoms with E-state index in [0.29, 0.717) is 24.4 Å². The van der Waals surface area contributed by atoms with Crippen molar-refractivity contribution in [1.29, 1.82) is 0 Å². The average Bonchev–Trinajstić information content (AvgIpc) is 3.46. The molecule has 3 aromatic rings. The minimum absolute atomic E-state index is 0.00324. The number of benzene rings is 2. The summed E-state index contributed by atoms with van der Waals surface area (Å²) < 4.78 is 1.99. The fraction of sp³-hybridized carbons (Fsp3) is 0.292. The minimum Gasteiger partial charge on any atom is -0.352 e. The molecule has 1 aliphatic heterocycles. The summed E-state index contributed by atoms with van der Waals surface area (Å²) in [5.74, 6) is 0.595. The van der Waals surface area contributed by atoms with Crippen LogP contribution in [0.15, 0.2) is 73.3 Å². The molecule has 160 valence electrons. The Hall–Kier alpha value is -3.06. The van der Waals surface area contributed by atoms with Gasteiger partial charge in [0.1, 0.15) is 5.37 Å². The lowest BCUT2D eigenvalue weighted by atomic mass is 10.1. The second-order valence-electron chi connectivity index (χ2n) is 7.52. The topological polar surface area (TPSA) is 67.2 Å². The van der Waals surface area contributed by atoms with Crippen molar-refractivity contribution in [3.8, 4) is 0 Å². The highest BCUT2D eigenvalue weighted by Crippen LogP contribution is 2.38. The number of nitrogens with one attached hydrogen (secondary N) is 1. The van der Waals surface area contributed by atoms with E-state index in [1.807, 2.05) is 58.1 Å². The maximum absolute atomic E-state index is 12.4. The number of carbonyl (C=O) groups excluding carboxylic acids is 2. The van der Waals surface area contributed by atoms with Crippen molar-refractivity contribution in [1.82, 2.24) is 19.8 Å². The number of rotatable bonds is 9. The number of nitrogens with zero attached hydrogens (tertiary/aromatic N) is 3. The number of aryl methyl sites for hydroxylation is 1. The van der Waals surface area contributed by atoms with Crippen LogP contribution in [0, 0.1) is 0 Å². The lowest BCUT2D eigenvalue weighted by Gasteiger charge is -2.24. The molecule has 0 radical (unpaired) electrons. The standard InChI is InChI=1S/C24H26N4O2S/c29-22-17-31-24(28(22)15-11-19-5-2-1-3-6-19)21-9-7-20(8-10-21)23(30)26-12-4-14-27-16-13-25-18-27/h1-3,5-10,13,16,18,24H,4,11-12,14-15,17H2,(H,26,30)/t24-/m0/s1. The Morgan fingerprint density at radius 2 is 1.90 bits per heavy atom. The normalized spacial score (nSPS) is 15.9. The number of imidazole rings is 1. The van der Waals surface area contributed by atoms with Crippen LogP contribution < -0.4 is 5.32 Å². The summed E-state index contributed by atoms with van der Waals surface area (Å²) in [5, 5.41) is 2.97. The molecule has 0 unspecified atom stereocenters. The quantitative estimate of drug-likeness (QED) is 0.523. The molecule has 7 heteroatoms. The maximum atomic E-state index is 12.4. The van der Waals surface area contributed by atoms with E-state index < -0.39 is 0 Å². The molecule has 1 atom stereocenters. The molecule has 1 fully saturated rings. The molecule has 0 saturated carbocycles. The molecule has 6 nitrogen and oxygen atoms in total. The predicted molar refractivity (Wildman–Crippen MR) is 123 cm³/mol. The number of hydrogen-bond acceptors (Lipinski definition) is 4. The van der Waals surface area contributed by atoms with Gasteiger partial charge in [-0.1, -0.05) is 42.5 Å². The van der Waals surface area contributed by atoms with Crippen LogP contribution in [0.4, 0.5) is 0 Å². The average molecular weight is 435 g/mol. The van der Waals surface area contributed by atoms with Gasteiger partial charge in [-0.05, 0) is 36.1 Å².